The lowest BCUT2D eigenvalue weighted by molar-refractivity contribution is -0.137. The van der Waals surface area contributed by atoms with E-state index in [1.807, 2.05) is 0 Å². The molecule has 0 bridgehead atoms. The quantitative estimate of drug-likeness (QED) is 0.802. The van der Waals surface area contributed by atoms with Gasteiger partial charge in [0.05, 0.1) is 22.9 Å². The van der Waals surface area contributed by atoms with Crippen LogP contribution >= 0.6 is 0 Å². The number of anilines is 1. The predicted molar refractivity (Wildman–Crippen MR) is 99.7 cm³/mol. The Balaban J connectivity index is 2.13. The van der Waals surface area contributed by atoms with Crippen molar-refractivity contribution in [2.24, 2.45) is 4.99 Å². The maximum atomic E-state index is 13.3. The van der Waals surface area contributed by atoms with Gasteiger partial charge in [-0.1, -0.05) is 0 Å². The Labute approximate surface area is 166 Å². The van der Waals surface area contributed by atoms with Crippen LogP contribution in [0.25, 0.3) is 0 Å². The Morgan fingerprint density at radius 2 is 1.79 bits per heavy atom. The molecule has 1 aliphatic heterocycles. The Hall–Kier alpha value is -3.19. The van der Waals surface area contributed by atoms with Crippen LogP contribution in [0.15, 0.2) is 52.4 Å². The molecule has 1 amide bonds. The fourth-order valence-corrected chi connectivity index (χ4v) is 3.99. The second-order valence-corrected chi connectivity index (χ2v) is 8.07. The summed E-state index contributed by atoms with van der Waals surface area (Å²) >= 11 is 0. The fraction of sp³-hybridized carbons (Fsp3) is 0.211. The van der Waals surface area contributed by atoms with E-state index in [1.54, 1.807) is 0 Å². The number of hydrogen-bond donors (Lipinski definition) is 1. The van der Waals surface area contributed by atoms with E-state index in [9.17, 15) is 27.3 Å². The molecule has 0 fully saturated rings. The molecule has 0 radical (unpaired) electrons. The van der Waals surface area contributed by atoms with Crippen molar-refractivity contribution >= 4 is 27.6 Å². The van der Waals surface area contributed by atoms with Crippen molar-refractivity contribution in [3.63, 3.8) is 0 Å². The average Bonchev–Trinajstić information content (AvgIpc) is 2.90. The van der Waals surface area contributed by atoms with Crippen molar-refractivity contribution in [2.75, 3.05) is 4.90 Å². The van der Waals surface area contributed by atoms with E-state index in [1.165, 1.54) is 50.2 Å². The zero-order chi connectivity index (χ0) is 21.6. The van der Waals surface area contributed by atoms with Gasteiger partial charge in [-0.25, -0.2) is 9.20 Å². The van der Waals surface area contributed by atoms with Gasteiger partial charge < -0.3 is 5.11 Å². The van der Waals surface area contributed by atoms with Crippen LogP contribution in [0.2, 0.25) is 0 Å². The zero-order valence-corrected chi connectivity index (χ0v) is 16.0. The molecule has 29 heavy (non-hydrogen) atoms. The molecular weight excluding hydrogens is 407 g/mol. The first-order chi connectivity index (χ1) is 13.5. The molecule has 1 atom stereocenters. The largest absolute Gasteiger partial charge is 0.508 e. The van der Waals surface area contributed by atoms with Crippen molar-refractivity contribution in [3.05, 3.63) is 53.6 Å². The standard InChI is InChI=1S/C19H14F3N3O3S/c1-18(2)16(27)25(12-4-3-11(10-23)15(9-12)19(20,21)22)17(24-18)29(28)14-7-5-13(26)6-8-14/h3-9,26H,1-2H3. The summed E-state index contributed by atoms with van der Waals surface area (Å²) in [6.45, 7) is 2.91. The summed E-state index contributed by atoms with van der Waals surface area (Å²) in [5, 5.41) is 18.1. The summed E-state index contributed by atoms with van der Waals surface area (Å²) in [6.07, 6.45) is -4.81. The molecule has 2 aromatic carbocycles. The number of benzene rings is 2. The minimum atomic E-state index is -4.81. The number of rotatable bonds is 2. The predicted octanol–water partition coefficient (Wildman–Crippen LogP) is 3.57. The SMILES string of the molecule is CC1(C)N=C(S(=O)c2ccc(O)cc2)N(c2ccc(C#N)c(C(F)(F)F)c2)C1=O. The Kier molecular flexibility index (Phi) is 4.96. The zero-order valence-electron chi connectivity index (χ0n) is 15.2. The van der Waals surface area contributed by atoms with Gasteiger partial charge in [0.25, 0.3) is 5.91 Å². The molecule has 6 nitrogen and oxygen atoms in total. The fourth-order valence-electron chi connectivity index (χ4n) is 2.73. The van der Waals surface area contributed by atoms with Gasteiger partial charge in [-0.3, -0.25) is 9.69 Å². The molecular formula is C19H14F3N3O3S. The molecule has 1 unspecified atom stereocenters. The summed E-state index contributed by atoms with van der Waals surface area (Å²) < 4.78 is 53.0. The van der Waals surface area contributed by atoms with E-state index in [0.29, 0.717) is 6.07 Å². The molecule has 0 aliphatic carbocycles. The number of alkyl halides is 3. The highest BCUT2D eigenvalue weighted by Gasteiger charge is 2.45. The second kappa shape index (κ2) is 7.00. The van der Waals surface area contributed by atoms with Gasteiger partial charge in [0.15, 0.2) is 0 Å². The molecule has 0 saturated carbocycles. The van der Waals surface area contributed by atoms with Crippen molar-refractivity contribution in [1.29, 1.82) is 5.26 Å². The van der Waals surface area contributed by atoms with Crippen LogP contribution in [0, 0.1) is 11.3 Å². The van der Waals surface area contributed by atoms with Gasteiger partial charge in [0.1, 0.15) is 22.1 Å². The summed E-state index contributed by atoms with van der Waals surface area (Å²) in [5.41, 5.74) is -3.33. The maximum Gasteiger partial charge on any atom is 0.417 e. The third kappa shape index (κ3) is 3.73. The molecule has 3 rings (SSSR count). The summed E-state index contributed by atoms with van der Waals surface area (Å²) in [6, 6.07) is 9.59. The number of halogens is 3. The summed E-state index contributed by atoms with van der Waals surface area (Å²) in [7, 11) is -2.00. The Morgan fingerprint density at radius 3 is 2.34 bits per heavy atom. The van der Waals surface area contributed by atoms with E-state index >= 15 is 0 Å². The number of hydrogen-bond acceptors (Lipinski definition) is 5. The molecule has 1 N–H and O–H groups in total. The minimum absolute atomic E-state index is 0.0608. The highest BCUT2D eigenvalue weighted by Crippen LogP contribution is 2.37. The smallest absolute Gasteiger partial charge is 0.417 e. The molecule has 1 aliphatic rings. The normalized spacial score (nSPS) is 17.0. The van der Waals surface area contributed by atoms with Crippen LogP contribution in [0.4, 0.5) is 18.9 Å². The van der Waals surface area contributed by atoms with Gasteiger partial charge in [0, 0.05) is 4.90 Å². The first-order valence-corrected chi connectivity index (χ1v) is 9.37. The van der Waals surface area contributed by atoms with Crippen LogP contribution < -0.4 is 4.90 Å². The summed E-state index contributed by atoms with van der Waals surface area (Å²) in [5.74, 6) is -0.716. The second-order valence-electron chi connectivity index (χ2n) is 6.70. The van der Waals surface area contributed by atoms with E-state index in [0.717, 1.165) is 11.0 Å². The first kappa shape index (κ1) is 20.5. The number of carbonyl (C=O) groups excluding carboxylic acids is 1. The van der Waals surface area contributed by atoms with Gasteiger partial charge in [-0.05, 0) is 56.3 Å². The van der Waals surface area contributed by atoms with E-state index < -0.39 is 39.5 Å². The number of nitrogens with zero attached hydrogens (tertiary/aromatic N) is 3. The Morgan fingerprint density at radius 1 is 1.17 bits per heavy atom. The highest BCUT2D eigenvalue weighted by atomic mass is 32.2. The number of phenolic OH excluding ortho intramolecular Hbond substituents is 1. The topological polar surface area (TPSA) is 93.8 Å². The van der Waals surface area contributed by atoms with Crippen molar-refractivity contribution in [1.82, 2.24) is 0 Å². The minimum Gasteiger partial charge on any atom is -0.508 e. The number of aromatic hydroxyl groups is 1. The number of phenols is 1. The number of amides is 1. The Bertz CT molecular complexity index is 1090. The van der Waals surface area contributed by atoms with Crippen molar-refractivity contribution in [2.45, 2.75) is 30.5 Å². The monoisotopic (exact) mass is 421 g/mol. The number of carbonyl (C=O) groups is 1. The van der Waals surface area contributed by atoms with E-state index in [2.05, 4.69) is 4.99 Å². The third-order valence-electron chi connectivity index (χ3n) is 4.20. The molecule has 0 spiro atoms. The lowest BCUT2D eigenvalue weighted by atomic mass is 10.0. The number of nitriles is 1. The van der Waals surface area contributed by atoms with Gasteiger partial charge in [0.2, 0.25) is 5.17 Å². The van der Waals surface area contributed by atoms with Crippen molar-refractivity contribution in [3.8, 4) is 11.8 Å². The van der Waals surface area contributed by atoms with Crippen molar-refractivity contribution < 1.29 is 27.3 Å². The van der Waals surface area contributed by atoms with Gasteiger partial charge in [-0.2, -0.15) is 18.4 Å². The van der Waals surface area contributed by atoms with Crippen LogP contribution in [-0.4, -0.2) is 25.9 Å². The average molecular weight is 421 g/mol. The lowest BCUT2D eigenvalue weighted by Crippen LogP contribution is -2.40. The van der Waals surface area contributed by atoms with E-state index in [4.69, 9.17) is 5.26 Å². The first-order valence-electron chi connectivity index (χ1n) is 8.22. The number of aliphatic imine (C=N–C) groups is 1. The maximum absolute atomic E-state index is 13.3. The molecule has 2 aromatic rings. The van der Waals surface area contributed by atoms with Gasteiger partial charge in [-0.15, -0.1) is 0 Å². The van der Waals surface area contributed by atoms with Crippen LogP contribution in [0.5, 0.6) is 5.75 Å². The molecule has 0 saturated heterocycles. The lowest BCUT2D eigenvalue weighted by Gasteiger charge is -2.22. The third-order valence-corrected chi connectivity index (χ3v) is 5.50. The van der Waals surface area contributed by atoms with Crippen LogP contribution in [-0.2, 0) is 21.8 Å². The molecule has 0 aromatic heterocycles. The highest BCUT2D eigenvalue weighted by molar-refractivity contribution is 8.01. The molecule has 150 valence electrons. The van der Waals surface area contributed by atoms with Crippen LogP contribution in [0.3, 0.4) is 0 Å². The van der Waals surface area contributed by atoms with Gasteiger partial charge >= 0.3 is 6.18 Å². The van der Waals surface area contributed by atoms with E-state index in [-0.39, 0.29) is 21.5 Å². The summed E-state index contributed by atoms with van der Waals surface area (Å²) in [4.78, 5) is 18.1. The number of amidine groups is 1. The molecule has 1 heterocycles. The van der Waals surface area contributed by atoms with Crippen LogP contribution in [0.1, 0.15) is 25.0 Å². The molecule has 10 heteroatoms.